The van der Waals surface area contributed by atoms with Crippen LogP contribution in [0.15, 0.2) is 28.9 Å². The van der Waals surface area contributed by atoms with Gasteiger partial charge in [-0.3, -0.25) is 0 Å². The molecule has 102 valence electrons. The summed E-state index contributed by atoms with van der Waals surface area (Å²) in [4.78, 5) is 7.50. The van der Waals surface area contributed by atoms with Crippen molar-refractivity contribution in [3.63, 3.8) is 0 Å². The van der Waals surface area contributed by atoms with Crippen molar-refractivity contribution >= 4 is 15.9 Å². The molecule has 0 amide bonds. The van der Waals surface area contributed by atoms with Gasteiger partial charge in [0.15, 0.2) is 0 Å². The summed E-state index contributed by atoms with van der Waals surface area (Å²) in [7, 11) is 0. The summed E-state index contributed by atoms with van der Waals surface area (Å²) in [6, 6.07) is 4.56. The molecule has 2 N–H and O–H groups in total. The minimum absolute atomic E-state index is 0.0463. The molecule has 0 atom stereocenters. The molecule has 2 rings (SSSR count). The van der Waals surface area contributed by atoms with Crippen LogP contribution in [0.2, 0.25) is 0 Å². The number of hydrogen-bond donors (Lipinski definition) is 2. The Hall–Kier alpha value is -1.20. The van der Waals surface area contributed by atoms with Gasteiger partial charge in [0.05, 0.1) is 0 Å². The zero-order valence-corrected chi connectivity index (χ0v) is 12.8. The molecule has 5 heteroatoms. The van der Waals surface area contributed by atoms with E-state index in [1.165, 1.54) is 12.1 Å². The minimum atomic E-state index is -0.274. The van der Waals surface area contributed by atoms with Crippen LogP contribution in [-0.2, 0) is 6.54 Å². The predicted octanol–water partition coefficient (Wildman–Crippen LogP) is 3.87. The third kappa shape index (κ3) is 3.88. The van der Waals surface area contributed by atoms with Gasteiger partial charge in [-0.25, -0.2) is 9.37 Å². The first-order valence-corrected chi connectivity index (χ1v) is 6.89. The maximum absolute atomic E-state index is 13.3. The van der Waals surface area contributed by atoms with E-state index in [0.717, 1.165) is 15.7 Å². The van der Waals surface area contributed by atoms with Crippen molar-refractivity contribution < 1.29 is 4.39 Å². The first-order chi connectivity index (χ1) is 8.85. The van der Waals surface area contributed by atoms with Crippen LogP contribution in [0.25, 0.3) is 11.4 Å². The van der Waals surface area contributed by atoms with E-state index < -0.39 is 0 Å². The molecule has 19 heavy (non-hydrogen) atoms. The molecule has 1 heterocycles. The Labute approximate surface area is 120 Å². The smallest absolute Gasteiger partial charge is 0.138 e. The number of imidazole rings is 1. The number of aromatic amines is 1. The van der Waals surface area contributed by atoms with Gasteiger partial charge in [-0.2, -0.15) is 0 Å². The van der Waals surface area contributed by atoms with E-state index in [0.29, 0.717) is 12.4 Å². The first-order valence-electron chi connectivity index (χ1n) is 6.09. The Morgan fingerprint density at radius 1 is 1.37 bits per heavy atom. The number of benzene rings is 1. The monoisotopic (exact) mass is 325 g/mol. The Kier molecular flexibility index (Phi) is 4.06. The number of aromatic nitrogens is 2. The fourth-order valence-corrected chi connectivity index (χ4v) is 2.06. The number of nitrogens with zero attached hydrogens (tertiary/aromatic N) is 1. The van der Waals surface area contributed by atoms with Crippen molar-refractivity contribution in [1.29, 1.82) is 0 Å². The lowest BCUT2D eigenvalue weighted by molar-refractivity contribution is 0.422. The first kappa shape index (κ1) is 14.2. The second-order valence-corrected chi connectivity index (χ2v) is 6.34. The van der Waals surface area contributed by atoms with Crippen LogP contribution >= 0.6 is 15.9 Å². The molecule has 1 aromatic heterocycles. The van der Waals surface area contributed by atoms with Crippen LogP contribution < -0.4 is 5.32 Å². The SMILES string of the molecule is CC(C)(C)NCc1cnc(-c2cc(F)ccc2Br)[nH]1. The third-order valence-electron chi connectivity index (χ3n) is 2.62. The summed E-state index contributed by atoms with van der Waals surface area (Å²) in [6.45, 7) is 7.01. The summed E-state index contributed by atoms with van der Waals surface area (Å²) in [6.07, 6.45) is 1.77. The zero-order chi connectivity index (χ0) is 14.0. The molecule has 0 saturated carbocycles. The number of H-pyrrole nitrogens is 1. The van der Waals surface area contributed by atoms with Gasteiger partial charge in [0, 0.05) is 34.0 Å². The van der Waals surface area contributed by atoms with E-state index in [1.54, 1.807) is 12.3 Å². The Morgan fingerprint density at radius 2 is 2.11 bits per heavy atom. The van der Waals surface area contributed by atoms with E-state index in [4.69, 9.17) is 0 Å². The van der Waals surface area contributed by atoms with Crippen LogP contribution in [-0.4, -0.2) is 15.5 Å². The van der Waals surface area contributed by atoms with E-state index in [9.17, 15) is 4.39 Å². The van der Waals surface area contributed by atoms with Gasteiger partial charge in [-0.15, -0.1) is 0 Å². The lowest BCUT2D eigenvalue weighted by Gasteiger charge is -2.19. The maximum atomic E-state index is 13.3. The average molecular weight is 326 g/mol. The fourth-order valence-electron chi connectivity index (χ4n) is 1.63. The number of hydrogen-bond acceptors (Lipinski definition) is 2. The highest BCUT2D eigenvalue weighted by Gasteiger charge is 2.11. The summed E-state index contributed by atoms with van der Waals surface area (Å²) >= 11 is 3.40. The van der Waals surface area contributed by atoms with Crippen LogP contribution in [0.3, 0.4) is 0 Å². The van der Waals surface area contributed by atoms with Crippen molar-refractivity contribution in [1.82, 2.24) is 15.3 Å². The van der Waals surface area contributed by atoms with Crippen LogP contribution in [0, 0.1) is 5.82 Å². The molecule has 0 fully saturated rings. The lowest BCUT2D eigenvalue weighted by Crippen LogP contribution is -2.35. The topological polar surface area (TPSA) is 40.7 Å². The van der Waals surface area contributed by atoms with Crippen molar-refractivity contribution in [3.8, 4) is 11.4 Å². The molecule has 0 aliphatic rings. The number of halogens is 2. The van der Waals surface area contributed by atoms with Crippen LogP contribution in [0.1, 0.15) is 26.5 Å². The second-order valence-electron chi connectivity index (χ2n) is 5.48. The summed E-state index contributed by atoms with van der Waals surface area (Å²) in [5, 5.41) is 3.37. The van der Waals surface area contributed by atoms with Gasteiger partial charge in [-0.1, -0.05) is 15.9 Å². The summed E-state index contributed by atoms with van der Waals surface area (Å²) in [5.41, 5.74) is 1.74. The van der Waals surface area contributed by atoms with Crippen molar-refractivity contribution in [2.75, 3.05) is 0 Å². The molecule has 0 saturated heterocycles. The molecule has 0 aliphatic heterocycles. The zero-order valence-electron chi connectivity index (χ0n) is 11.2. The summed E-state index contributed by atoms with van der Waals surface area (Å²) < 4.78 is 14.1. The molecule has 0 radical (unpaired) electrons. The highest BCUT2D eigenvalue weighted by atomic mass is 79.9. The van der Waals surface area contributed by atoms with E-state index in [1.807, 2.05) is 0 Å². The lowest BCUT2D eigenvalue weighted by atomic mass is 10.1. The van der Waals surface area contributed by atoms with Gasteiger partial charge >= 0.3 is 0 Å². The largest absolute Gasteiger partial charge is 0.341 e. The van der Waals surface area contributed by atoms with E-state index in [2.05, 4.69) is 52.0 Å². The van der Waals surface area contributed by atoms with Crippen LogP contribution in [0.5, 0.6) is 0 Å². The van der Waals surface area contributed by atoms with Crippen molar-refractivity contribution in [2.24, 2.45) is 0 Å². The number of rotatable bonds is 3. The Bertz CT molecular complexity index is 572. The molecule has 0 bridgehead atoms. The van der Waals surface area contributed by atoms with Gasteiger partial charge < -0.3 is 10.3 Å². The maximum Gasteiger partial charge on any atom is 0.138 e. The van der Waals surface area contributed by atoms with Gasteiger partial charge in [0.1, 0.15) is 11.6 Å². The standard InChI is InChI=1S/C14H17BrFN3/c1-14(2,3)18-8-10-7-17-13(19-10)11-6-9(16)4-5-12(11)15/h4-7,18H,8H2,1-3H3,(H,17,19). The van der Waals surface area contributed by atoms with Crippen molar-refractivity contribution in [3.05, 3.63) is 40.4 Å². The number of nitrogens with one attached hydrogen (secondary N) is 2. The van der Waals surface area contributed by atoms with Crippen molar-refractivity contribution in [2.45, 2.75) is 32.9 Å². The molecule has 0 spiro atoms. The summed E-state index contributed by atoms with van der Waals surface area (Å²) in [5.74, 6) is 0.390. The average Bonchev–Trinajstić information content (AvgIpc) is 2.77. The molecular formula is C14H17BrFN3. The molecule has 1 aromatic carbocycles. The molecule has 2 aromatic rings. The predicted molar refractivity (Wildman–Crippen MR) is 78.3 cm³/mol. The van der Waals surface area contributed by atoms with E-state index in [-0.39, 0.29) is 11.4 Å². The minimum Gasteiger partial charge on any atom is -0.341 e. The molecule has 3 nitrogen and oxygen atoms in total. The molecule has 0 unspecified atom stereocenters. The Morgan fingerprint density at radius 3 is 2.79 bits per heavy atom. The third-order valence-corrected chi connectivity index (χ3v) is 3.31. The highest BCUT2D eigenvalue weighted by molar-refractivity contribution is 9.10. The van der Waals surface area contributed by atoms with Gasteiger partial charge in [-0.05, 0) is 39.0 Å². The van der Waals surface area contributed by atoms with Gasteiger partial charge in [0.2, 0.25) is 0 Å². The molecular weight excluding hydrogens is 309 g/mol. The fraction of sp³-hybridized carbons (Fsp3) is 0.357. The quantitative estimate of drug-likeness (QED) is 0.899. The highest BCUT2D eigenvalue weighted by Crippen LogP contribution is 2.26. The normalized spacial score (nSPS) is 11.8. The van der Waals surface area contributed by atoms with Crippen LogP contribution in [0.4, 0.5) is 4.39 Å². The Balaban J connectivity index is 2.19. The van der Waals surface area contributed by atoms with E-state index >= 15 is 0 Å². The van der Waals surface area contributed by atoms with Gasteiger partial charge in [0.25, 0.3) is 0 Å². The molecule has 0 aliphatic carbocycles. The second kappa shape index (κ2) is 5.43.